The van der Waals surface area contributed by atoms with Gasteiger partial charge < -0.3 is 20.1 Å². The molecule has 0 fully saturated rings. The number of benzene rings is 1. The SMILES string of the molecule is CN=C(NCCC1=CCOCC1)NCC(C)Oc1ccc(Cl)cc1.I. The molecular formula is C18H27ClIN3O2. The van der Waals surface area contributed by atoms with Gasteiger partial charge >= 0.3 is 0 Å². The van der Waals surface area contributed by atoms with E-state index < -0.39 is 0 Å². The first kappa shape index (κ1) is 22.1. The molecule has 5 nitrogen and oxygen atoms in total. The van der Waals surface area contributed by atoms with Crippen LogP contribution in [0.1, 0.15) is 19.8 Å². The van der Waals surface area contributed by atoms with Crippen molar-refractivity contribution in [3.05, 3.63) is 40.9 Å². The van der Waals surface area contributed by atoms with E-state index in [1.807, 2.05) is 31.2 Å². The lowest BCUT2D eigenvalue weighted by Crippen LogP contribution is -2.42. The van der Waals surface area contributed by atoms with Crippen LogP contribution in [0.4, 0.5) is 0 Å². The van der Waals surface area contributed by atoms with Crippen molar-refractivity contribution in [2.75, 3.05) is 33.4 Å². The summed E-state index contributed by atoms with van der Waals surface area (Å²) in [6, 6.07) is 7.38. The normalized spacial score (nSPS) is 15.6. The van der Waals surface area contributed by atoms with Crippen LogP contribution in [0.5, 0.6) is 5.75 Å². The van der Waals surface area contributed by atoms with Crippen molar-refractivity contribution in [2.45, 2.75) is 25.9 Å². The summed E-state index contributed by atoms with van der Waals surface area (Å²) in [4.78, 5) is 4.24. The largest absolute Gasteiger partial charge is 0.489 e. The Morgan fingerprint density at radius 2 is 2.08 bits per heavy atom. The minimum absolute atomic E-state index is 0. The van der Waals surface area contributed by atoms with Gasteiger partial charge in [0, 0.05) is 18.6 Å². The molecule has 1 unspecified atom stereocenters. The molecule has 1 heterocycles. The van der Waals surface area contributed by atoms with Gasteiger partial charge in [-0.2, -0.15) is 0 Å². The minimum Gasteiger partial charge on any atom is -0.489 e. The van der Waals surface area contributed by atoms with Gasteiger partial charge in [-0.1, -0.05) is 23.3 Å². The van der Waals surface area contributed by atoms with Gasteiger partial charge in [-0.05, 0) is 44.0 Å². The molecular weight excluding hydrogens is 453 g/mol. The van der Waals surface area contributed by atoms with Crippen molar-refractivity contribution in [1.82, 2.24) is 10.6 Å². The van der Waals surface area contributed by atoms with Crippen molar-refractivity contribution in [2.24, 2.45) is 4.99 Å². The van der Waals surface area contributed by atoms with Crippen LogP contribution >= 0.6 is 35.6 Å². The van der Waals surface area contributed by atoms with Crippen molar-refractivity contribution < 1.29 is 9.47 Å². The average Bonchev–Trinajstić information content (AvgIpc) is 2.61. The summed E-state index contributed by atoms with van der Waals surface area (Å²) in [7, 11) is 1.77. The van der Waals surface area contributed by atoms with Crippen LogP contribution in [0.25, 0.3) is 0 Å². The van der Waals surface area contributed by atoms with Crippen LogP contribution in [0.3, 0.4) is 0 Å². The highest BCUT2D eigenvalue weighted by Gasteiger charge is 2.07. The maximum Gasteiger partial charge on any atom is 0.191 e. The fourth-order valence-electron chi connectivity index (χ4n) is 2.38. The number of nitrogens with zero attached hydrogens (tertiary/aromatic N) is 1. The zero-order valence-electron chi connectivity index (χ0n) is 14.8. The second kappa shape index (κ2) is 12.4. The van der Waals surface area contributed by atoms with Crippen molar-refractivity contribution >= 4 is 41.5 Å². The maximum atomic E-state index is 5.87. The molecule has 0 aromatic heterocycles. The predicted octanol–water partition coefficient (Wildman–Crippen LogP) is 3.63. The highest BCUT2D eigenvalue weighted by molar-refractivity contribution is 14.0. The zero-order chi connectivity index (χ0) is 17.2. The predicted molar refractivity (Wildman–Crippen MR) is 114 cm³/mol. The Morgan fingerprint density at radius 3 is 2.72 bits per heavy atom. The number of nitrogens with one attached hydrogen (secondary N) is 2. The fourth-order valence-corrected chi connectivity index (χ4v) is 2.51. The van der Waals surface area contributed by atoms with E-state index in [9.17, 15) is 0 Å². The molecule has 0 saturated carbocycles. The smallest absolute Gasteiger partial charge is 0.191 e. The van der Waals surface area contributed by atoms with Gasteiger partial charge in [-0.25, -0.2) is 0 Å². The van der Waals surface area contributed by atoms with Gasteiger partial charge in [0.15, 0.2) is 5.96 Å². The number of guanidine groups is 1. The van der Waals surface area contributed by atoms with E-state index in [1.54, 1.807) is 7.05 Å². The van der Waals surface area contributed by atoms with Crippen molar-refractivity contribution in [3.63, 3.8) is 0 Å². The molecule has 1 aliphatic rings. The van der Waals surface area contributed by atoms with Crippen LogP contribution in [-0.2, 0) is 4.74 Å². The molecule has 0 saturated heterocycles. The Bertz CT molecular complexity index is 564. The van der Waals surface area contributed by atoms with Crippen LogP contribution in [-0.4, -0.2) is 45.4 Å². The Kier molecular flexibility index (Phi) is 10.9. The summed E-state index contributed by atoms with van der Waals surface area (Å²) in [5, 5.41) is 7.32. The lowest BCUT2D eigenvalue weighted by Gasteiger charge is -2.18. The number of ether oxygens (including phenoxy) is 2. The van der Waals surface area contributed by atoms with Crippen LogP contribution in [0.2, 0.25) is 5.02 Å². The molecule has 1 aromatic carbocycles. The lowest BCUT2D eigenvalue weighted by atomic mass is 10.1. The monoisotopic (exact) mass is 479 g/mol. The van der Waals surface area contributed by atoms with E-state index in [2.05, 4.69) is 21.7 Å². The van der Waals surface area contributed by atoms with Crippen LogP contribution in [0, 0.1) is 0 Å². The van der Waals surface area contributed by atoms with Gasteiger partial charge in [0.05, 0.1) is 19.8 Å². The molecule has 140 valence electrons. The molecule has 0 radical (unpaired) electrons. The summed E-state index contributed by atoms with van der Waals surface area (Å²) in [5.41, 5.74) is 1.45. The third-order valence-electron chi connectivity index (χ3n) is 3.73. The molecule has 0 amide bonds. The first-order chi connectivity index (χ1) is 11.7. The number of hydrogen-bond donors (Lipinski definition) is 2. The molecule has 1 atom stereocenters. The van der Waals surface area contributed by atoms with Crippen LogP contribution in [0.15, 0.2) is 40.9 Å². The van der Waals surface area contributed by atoms with E-state index in [-0.39, 0.29) is 30.1 Å². The third-order valence-corrected chi connectivity index (χ3v) is 3.98. The number of hydrogen-bond acceptors (Lipinski definition) is 3. The first-order valence-electron chi connectivity index (χ1n) is 8.30. The summed E-state index contributed by atoms with van der Waals surface area (Å²) in [6.07, 6.45) is 4.23. The molecule has 0 aliphatic carbocycles. The molecule has 1 aromatic rings. The first-order valence-corrected chi connectivity index (χ1v) is 8.67. The lowest BCUT2D eigenvalue weighted by molar-refractivity contribution is 0.153. The minimum atomic E-state index is 0. The highest BCUT2D eigenvalue weighted by Crippen LogP contribution is 2.16. The molecule has 7 heteroatoms. The van der Waals surface area contributed by atoms with E-state index in [0.717, 1.165) is 44.3 Å². The van der Waals surface area contributed by atoms with E-state index in [4.69, 9.17) is 21.1 Å². The molecule has 2 N–H and O–H groups in total. The summed E-state index contributed by atoms with van der Waals surface area (Å²) in [5.74, 6) is 1.59. The summed E-state index contributed by atoms with van der Waals surface area (Å²) >= 11 is 5.87. The standard InChI is InChI=1S/C18H26ClN3O2.HI/c1-14(24-17-5-3-16(19)4-6-17)13-22-18(20-2)21-10-7-15-8-11-23-12-9-15;/h3-6,8,14H,7,9-13H2,1-2H3,(H2,20,21,22);1H. The van der Waals surface area contributed by atoms with Gasteiger partial charge in [0.2, 0.25) is 0 Å². The van der Waals surface area contributed by atoms with Gasteiger partial charge in [-0.15, -0.1) is 24.0 Å². The summed E-state index contributed by atoms with van der Waals surface area (Å²) < 4.78 is 11.2. The van der Waals surface area contributed by atoms with Crippen molar-refractivity contribution in [1.29, 1.82) is 0 Å². The molecule has 2 rings (SSSR count). The number of aliphatic imine (C=N–C) groups is 1. The highest BCUT2D eigenvalue weighted by atomic mass is 127. The van der Waals surface area contributed by atoms with Gasteiger partial charge in [0.25, 0.3) is 0 Å². The summed E-state index contributed by atoms with van der Waals surface area (Å²) in [6.45, 7) is 5.11. The fraction of sp³-hybridized carbons (Fsp3) is 0.500. The molecule has 25 heavy (non-hydrogen) atoms. The Labute approximate surface area is 172 Å². The van der Waals surface area contributed by atoms with Gasteiger partial charge in [-0.3, -0.25) is 4.99 Å². The number of halogens is 2. The number of rotatable bonds is 7. The Morgan fingerprint density at radius 1 is 1.32 bits per heavy atom. The molecule has 0 spiro atoms. The Hall–Kier alpha value is -0.990. The Balaban J connectivity index is 0.00000312. The van der Waals surface area contributed by atoms with E-state index in [1.165, 1.54) is 5.57 Å². The third kappa shape index (κ3) is 8.78. The molecule has 0 bridgehead atoms. The zero-order valence-corrected chi connectivity index (χ0v) is 17.8. The average molecular weight is 480 g/mol. The van der Waals surface area contributed by atoms with Crippen molar-refractivity contribution in [3.8, 4) is 5.75 Å². The second-order valence-electron chi connectivity index (χ2n) is 5.70. The van der Waals surface area contributed by atoms with Crippen LogP contribution < -0.4 is 15.4 Å². The molecule has 1 aliphatic heterocycles. The quantitative estimate of drug-likeness (QED) is 0.271. The van der Waals surface area contributed by atoms with E-state index >= 15 is 0 Å². The van der Waals surface area contributed by atoms with E-state index in [0.29, 0.717) is 11.6 Å². The second-order valence-corrected chi connectivity index (χ2v) is 6.14. The van der Waals surface area contributed by atoms with Gasteiger partial charge in [0.1, 0.15) is 11.9 Å². The topological polar surface area (TPSA) is 54.9 Å². The maximum absolute atomic E-state index is 5.87.